The number of benzene rings is 1. The number of rotatable bonds is 10. The Kier molecular flexibility index (Phi) is 7.84. The van der Waals surface area contributed by atoms with Crippen LogP contribution in [-0.4, -0.2) is 33.7 Å². The summed E-state index contributed by atoms with van der Waals surface area (Å²) >= 11 is 12.2. The molecule has 1 saturated carbocycles. The zero-order valence-corrected chi connectivity index (χ0v) is 19.9. The third kappa shape index (κ3) is 7.51. The molecule has 0 spiro atoms. The maximum absolute atomic E-state index is 13.0. The minimum absolute atomic E-state index is 0.000785. The van der Waals surface area contributed by atoms with Gasteiger partial charge in [0.05, 0.1) is 13.0 Å². The predicted octanol–water partition coefficient (Wildman–Crippen LogP) is 6.96. The lowest BCUT2D eigenvalue weighted by Crippen LogP contribution is -2.39. The van der Waals surface area contributed by atoms with Crippen molar-refractivity contribution in [1.29, 1.82) is 0 Å². The highest BCUT2D eigenvalue weighted by molar-refractivity contribution is 6.51. The van der Waals surface area contributed by atoms with Gasteiger partial charge in [-0.2, -0.15) is 13.2 Å². The van der Waals surface area contributed by atoms with Crippen LogP contribution in [0.3, 0.4) is 0 Å². The van der Waals surface area contributed by atoms with Crippen LogP contribution in [-0.2, 0) is 9.53 Å². The fraction of sp³-hybridized carbons (Fsp3) is 0.500. The molecule has 2 unspecified atom stereocenters. The Bertz CT molecular complexity index is 934. The smallest absolute Gasteiger partial charge is 0.389 e. The van der Waals surface area contributed by atoms with Crippen molar-refractivity contribution in [2.24, 2.45) is 0 Å². The van der Waals surface area contributed by atoms with Gasteiger partial charge < -0.3 is 9.47 Å². The first-order chi connectivity index (χ1) is 15.4. The van der Waals surface area contributed by atoms with Crippen LogP contribution in [0, 0.1) is 0 Å². The summed E-state index contributed by atoms with van der Waals surface area (Å²) in [6.45, 7) is 3.16. The summed E-state index contributed by atoms with van der Waals surface area (Å²) in [6, 6.07) is 10.3. The van der Waals surface area contributed by atoms with E-state index in [-0.39, 0.29) is 18.9 Å². The molecule has 1 heterocycles. The van der Waals surface area contributed by atoms with E-state index in [9.17, 15) is 18.0 Å². The van der Waals surface area contributed by atoms with Crippen molar-refractivity contribution in [3.05, 3.63) is 59.9 Å². The van der Waals surface area contributed by atoms with Gasteiger partial charge in [-0.1, -0.05) is 12.1 Å². The zero-order chi connectivity index (χ0) is 24.3. The Morgan fingerprint density at radius 2 is 1.76 bits per heavy atom. The summed E-state index contributed by atoms with van der Waals surface area (Å²) in [5.41, 5.74) is 0.295. The minimum atomic E-state index is -4.29. The Morgan fingerprint density at radius 3 is 2.30 bits per heavy atom. The Balaban J connectivity index is 1.48. The molecule has 1 aromatic carbocycles. The average Bonchev–Trinajstić information content (AvgIpc) is 3.38. The number of aromatic nitrogens is 1. The molecule has 4 nitrogen and oxygen atoms in total. The van der Waals surface area contributed by atoms with Gasteiger partial charge in [0, 0.05) is 18.3 Å². The summed E-state index contributed by atoms with van der Waals surface area (Å²) in [7, 11) is 0. The molecule has 0 aliphatic heterocycles. The van der Waals surface area contributed by atoms with Crippen LogP contribution in [0.4, 0.5) is 13.2 Å². The molecule has 2 atom stereocenters. The summed E-state index contributed by atoms with van der Waals surface area (Å²) in [6.07, 6.45) is -1.08. The van der Waals surface area contributed by atoms with E-state index >= 15 is 0 Å². The van der Waals surface area contributed by atoms with Crippen LogP contribution in [0.5, 0.6) is 5.75 Å². The van der Waals surface area contributed by atoms with Gasteiger partial charge in [-0.05, 0) is 74.4 Å². The number of nitrogens with zero attached hydrogens (tertiary/aromatic N) is 1. The molecule has 0 bridgehead atoms. The van der Waals surface area contributed by atoms with Gasteiger partial charge >= 0.3 is 12.1 Å². The van der Waals surface area contributed by atoms with Gasteiger partial charge in [0.15, 0.2) is 5.60 Å². The highest BCUT2D eigenvalue weighted by Crippen LogP contribution is 2.59. The van der Waals surface area contributed by atoms with Crippen LogP contribution in [0.2, 0.25) is 0 Å². The van der Waals surface area contributed by atoms with Crippen molar-refractivity contribution in [3.63, 3.8) is 0 Å². The molecule has 1 aliphatic rings. The number of pyridine rings is 1. The molecule has 0 N–H and O–H groups in total. The normalized spacial score (nSPS) is 18.5. The number of ether oxygens (including phenoxy) is 2. The highest BCUT2D eigenvalue weighted by Gasteiger charge is 2.52. The first-order valence-corrected chi connectivity index (χ1v) is 11.4. The van der Waals surface area contributed by atoms with Gasteiger partial charge in [0.1, 0.15) is 10.1 Å². The molecule has 9 heteroatoms. The molecule has 1 aliphatic carbocycles. The molecule has 2 aromatic rings. The SMILES string of the molecule is CC(C)(Oc1ccc(C2CC2(Cl)Cl)cc1)C(=O)OCCCC(CC(F)(F)F)c1ccncc1. The number of alkyl halides is 5. The minimum Gasteiger partial charge on any atom is -0.476 e. The zero-order valence-electron chi connectivity index (χ0n) is 18.4. The summed E-state index contributed by atoms with van der Waals surface area (Å²) < 4.78 is 49.3. The van der Waals surface area contributed by atoms with Crippen molar-refractivity contribution in [2.75, 3.05) is 6.61 Å². The molecule has 1 fully saturated rings. The van der Waals surface area contributed by atoms with E-state index in [4.69, 9.17) is 32.7 Å². The quantitative estimate of drug-likeness (QED) is 0.199. The third-order valence-corrected chi connectivity index (χ3v) is 6.39. The largest absolute Gasteiger partial charge is 0.476 e. The molecule has 0 saturated heterocycles. The monoisotopic (exact) mass is 503 g/mol. The summed E-state index contributed by atoms with van der Waals surface area (Å²) in [5.74, 6) is -0.744. The average molecular weight is 504 g/mol. The highest BCUT2D eigenvalue weighted by atomic mass is 35.5. The van der Waals surface area contributed by atoms with Crippen LogP contribution in [0.15, 0.2) is 48.8 Å². The number of carbonyl (C=O) groups excluding carboxylic acids is 1. The first-order valence-electron chi connectivity index (χ1n) is 10.7. The molecule has 33 heavy (non-hydrogen) atoms. The predicted molar refractivity (Wildman–Crippen MR) is 121 cm³/mol. The van der Waals surface area contributed by atoms with Crippen LogP contribution < -0.4 is 4.74 Å². The van der Waals surface area contributed by atoms with Crippen molar-refractivity contribution < 1.29 is 27.4 Å². The molecule has 180 valence electrons. The van der Waals surface area contributed by atoms with E-state index in [1.165, 1.54) is 12.4 Å². The second kappa shape index (κ2) is 10.1. The number of esters is 1. The second-order valence-electron chi connectivity index (χ2n) is 8.77. The summed E-state index contributed by atoms with van der Waals surface area (Å²) in [4.78, 5) is 16.4. The van der Waals surface area contributed by atoms with E-state index in [1.54, 1.807) is 38.1 Å². The van der Waals surface area contributed by atoms with Crippen LogP contribution in [0.1, 0.15) is 62.5 Å². The lowest BCUT2D eigenvalue weighted by molar-refractivity contribution is -0.159. The van der Waals surface area contributed by atoms with E-state index in [1.807, 2.05) is 12.1 Å². The van der Waals surface area contributed by atoms with Gasteiger partial charge in [-0.3, -0.25) is 4.98 Å². The lowest BCUT2D eigenvalue weighted by Gasteiger charge is -2.25. The Morgan fingerprint density at radius 1 is 1.15 bits per heavy atom. The van der Waals surface area contributed by atoms with Gasteiger partial charge in [-0.25, -0.2) is 4.79 Å². The van der Waals surface area contributed by atoms with E-state index in [0.717, 1.165) is 5.56 Å². The topological polar surface area (TPSA) is 48.4 Å². The third-order valence-electron chi connectivity index (χ3n) is 5.56. The number of hydrogen-bond acceptors (Lipinski definition) is 4. The van der Waals surface area contributed by atoms with Crippen LogP contribution >= 0.6 is 23.2 Å². The van der Waals surface area contributed by atoms with Gasteiger partial charge in [0.2, 0.25) is 0 Å². The fourth-order valence-electron chi connectivity index (χ4n) is 3.65. The van der Waals surface area contributed by atoms with E-state index < -0.39 is 34.4 Å². The van der Waals surface area contributed by atoms with Crippen molar-refractivity contribution >= 4 is 29.2 Å². The van der Waals surface area contributed by atoms with Crippen LogP contribution in [0.25, 0.3) is 0 Å². The number of halogens is 5. The maximum Gasteiger partial charge on any atom is 0.389 e. The first kappa shape index (κ1) is 25.6. The van der Waals surface area contributed by atoms with E-state index in [2.05, 4.69) is 4.98 Å². The number of carbonyl (C=O) groups is 1. The molecule has 3 rings (SSSR count). The number of hydrogen-bond donors (Lipinski definition) is 0. The van der Waals surface area contributed by atoms with E-state index in [0.29, 0.717) is 24.2 Å². The Labute approximate surface area is 201 Å². The molecule has 0 amide bonds. The lowest BCUT2D eigenvalue weighted by atomic mass is 9.92. The van der Waals surface area contributed by atoms with Gasteiger partial charge in [-0.15, -0.1) is 23.2 Å². The fourth-order valence-corrected chi connectivity index (χ4v) is 4.21. The summed E-state index contributed by atoms with van der Waals surface area (Å²) in [5, 5.41) is 0. The molecule has 0 radical (unpaired) electrons. The Hall–Kier alpha value is -1.99. The van der Waals surface area contributed by atoms with Gasteiger partial charge in [0.25, 0.3) is 0 Å². The van der Waals surface area contributed by atoms with Crippen molar-refractivity contribution in [3.8, 4) is 5.75 Å². The molecular formula is C24H26Cl2F3NO3. The molecule has 1 aromatic heterocycles. The standard InChI is InChI=1S/C24H26Cl2F3NO3/c1-22(2,33-19-7-5-17(6-8-19)20-15-23(20,25)26)21(31)32-13-3-4-18(14-24(27,28)29)16-9-11-30-12-10-16/h5-12,18,20H,3-4,13-15H2,1-2H3. The van der Waals surface area contributed by atoms with Crippen molar-refractivity contribution in [1.82, 2.24) is 4.98 Å². The second-order valence-corrected chi connectivity index (χ2v) is 10.3. The maximum atomic E-state index is 13.0. The molecular weight excluding hydrogens is 478 g/mol. The van der Waals surface area contributed by atoms with Crippen molar-refractivity contribution in [2.45, 2.75) is 67.5 Å².